The van der Waals surface area contributed by atoms with Crippen LogP contribution < -0.4 is 16.0 Å². The fourth-order valence-corrected chi connectivity index (χ4v) is 3.62. The summed E-state index contributed by atoms with van der Waals surface area (Å²) in [5, 5.41) is 13.6. The van der Waals surface area contributed by atoms with Crippen LogP contribution in [0.3, 0.4) is 0 Å². The maximum atomic E-state index is 13.3. The Balaban J connectivity index is 2.00. The number of pyridine rings is 2. The minimum Gasteiger partial charge on any atom is -0.383 e. The molecule has 1 saturated heterocycles. The zero-order valence-electron chi connectivity index (χ0n) is 18.6. The number of rotatable bonds is 5. The molecule has 3 rings (SSSR count). The topological polar surface area (TPSA) is 104 Å². The highest BCUT2D eigenvalue weighted by atomic mass is 16.3. The third-order valence-corrected chi connectivity index (χ3v) is 5.02. The molecule has 0 bridgehead atoms. The van der Waals surface area contributed by atoms with Gasteiger partial charge in [-0.25, -0.2) is 9.97 Å². The fraction of sp³-hybridized carbons (Fsp3) is 0.458. The van der Waals surface area contributed by atoms with E-state index in [4.69, 9.17) is 10.7 Å². The lowest BCUT2D eigenvalue weighted by atomic mass is 10.0. The molecule has 1 fully saturated rings. The van der Waals surface area contributed by atoms with E-state index in [-0.39, 0.29) is 22.9 Å². The minimum absolute atomic E-state index is 0.153. The lowest BCUT2D eigenvalue weighted by Crippen LogP contribution is -2.51. The number of hydrogen-bond acceptors (Lipinski definition) is 7. The van der Waals surface area contributed by atoms with Gasteiger partial charge in [-0.1, -0.05) is 25.7 Å². The largest absolute Gasteiger partial charge is 0.383 e. The first-order valence-corrected chi connectivity index (χ1v) is 10.6. The molecule has 2 aromatic rings. The van der Waals surface area contributed by atoms with Gasteiger partial charge in [0.1, 0.15) is 22.9 Å². The van der Waals surface area contributed by atoms with Gasteiger partial charge in [-0.05, 0) is 50.5 Å². The molecule has 4 N–H and O–H groups in total. The molecule has 7 nitrogen and oxygen atoms in total. The van der Waals surface area contributed by atoms with Gasteiger partial charge in [0.25, 0.3) is 0 Å². The van der Waals surface area contributed by atoms with Gasteiger partial charge in [0.15, 0.2) is 0 Å². The van der Waals surface area contributed by atoms with Crippen LogP contribution in [-0.2, 0) is 0 Å². The average molecular weight is 422 g/mol. The van der Waals surface area contributed by atoms with Crippen molar-refractivity contribution in [3.05, 3.63) is 47.3 Å². The van der Waals surface area contributed by atoms with Crippen LogP contribution in [0.1, 0.15) is 55.7 Å². The summed E-state index contributed by atoms with van der Waals surface area (Å²) in [6.45, 7) is 10.1. The lowest BCUT2D eigenvalue weighted by Gasteiger charge is -2.35. The first-order chi connectivity index (χ1) is 14.6. The smallest absolute Gasteiger partial charge is 0.216 e. The van der Waals surface area contributed by atoms with E-state index in [1.54, 1.807) is 38.2 Å². The van der Waals surface area contributed by atoms with Crippen molar-refractivity contribution in [2.24, 2.45) is 5.92 Å². The van der Waals surface area contributed by atoms with Crippen LogP contribution in [0, 0.1) is 17.8 Å². The van der Waals surface area contributed by atoms with Crippen LogP contribution in [0.25, 0.3) is 0 Å². The van der Waals surface area contributed by atoms with Gasteiger partial charge in [0.05, 0.1) is 11.1 Å². The monoisotopic (exact) mass is 421 g/mol. The molecule has 7 heteroatoms. The summed E-state index contributed by atoms with van der Waals surface area (Å²) in [6, 6.07) is 7.35. The number of anilines is 2. The number of aromatic nitrogens is 2. The summed E-state index contributed by atoms with van der Waals surface area (Å²) in [4.78, 5) is 24.2. The molecule has 0 saturated carbocycles. The van der Waals surface area contributed by atoms with Crippen molar-refractivity contribution in [3.8, 4) is 11.8 Å². The number of nitrogens with one attached hydrogen (secondary N) is 1. The third kappa shape index (κ3) is 6.03. The Labute approximate surface area is 184 Å². The summed E-state index contributed by atoms with van der Waals surface area (Å²) in [7, 11) is 0. The molecule has 1 atom stereocenters. The number of piperazine rings is 1. The second-order valence-corrected chi connectivity index (χ2v) is 8.87. The van der Waals surface area contributed by atoms with Crippen molar-refractivity contribution >= 4 is 17.4 Å². The van der Waals surface area contributed by atoms with Crippen LogP contribution in [0.4, 0.5) is 11.6 Å². The second kappa shape index (κ2) is 9.46. The van der Waals surface area contributed by atoms with E-state index in [9.17, 15) is 9.90 Å². The number of ketones is 1. The number of nitrogen functional groups attached to an aromatic ring is 1. The maximum Gasteiger partial charge on any atom is 0.216 e. The molecule has 0 amide bonds. The van der Waals surface area contributed by atoms with E-state index in [0.29, 0.717) is 17.5 Å². The minimum atomic E-state index is -1.19. The Morgan fingerprint density at radius 3 is 2.84 bits per heavy atom. The Kier molecular flexibility index (Phi) is 6.94. The Hall–Kier alpha value is -2.95. The molecule has 31 heavy (non-hydrogen) atoms. The Bertz CT molecular complexity index is 1000. The molecule has 2 aromatic heterocycles. The van der Waals surface area contributed by atoms with Crippen molar-refractivity contribution in [2.45, 2.75) is 45.8 Å². The SMILES string of the molecule is CC(C)C[C@H]1CN(c2ccc(C#CC(C)(C)O)c(C(=O)c3cccnc3N)n2)CCN1. The van der Waals surface area contributed by atoms with E-state index >= 15 is 0 Å². The normalized spacial score (nSPS) is 16.7. The van der Waals surface area contributed by atoms with Crippen LogP contribution in [0.2, 0.25) is 0 Å². The number of nitrogens with zero attached hydrogens (tertiary/aromatic N) is 3. The predicted octanol–water partition coefficient (Wildman–Crippen LogP) is 2.24. The molecular formula is C24H31N5O2. The third-order valence-electron chi connectivity index (χ3n) is 5.02. The number of carbonyl (C=O) groups is 1. The zero-order chi connectivity index (χ0) is 22.6. The van der Waals surface area contributed by atoms with E-state index in [1.165, 1.54) is 0 Å². The summed E-state index contributed by atoms with van der Waals surface area (Å²) < 4.78 is 0. The van der Waals surface area contributed by atoms with Crippen molar-refractivity contribution in [1.29, 1.82) is 0 Å². The van der Waals surface area contributed by atoms with Gasteiger partial charge in [-0.15, -0.1) is 0 Å². The first kappa shape index (κ1) is 22.7. The molecule has 0 radical (unpaired) electrons. The highest BCUT2D eigenvalue weighted by Crippen LogP contribution is 2.22. The van der Waals surface area contributed by atoms with Crippen LogP contribution in [0.15, 0.2) is 30.5 Å². The molecule has 0 aromatic carbocycles. The molecule has 0 unspecified atom stereocenters. The molecular weight excluding hydrogens is 390 g/mol. The Morgan fingerprint density at radius 1 is 1.39 bits per heavy atom. The molecule has 0 aliphatic carbocycles. The number of hydrogen-bond donors (Lipinski definition) is 3. The number of carbonyl (C=O) groups excluding carboxylic acids is 1. The standard InChI is InChI=1S/C24H31N5O2/c1-16(2)14-18-15-29(13-12-26-18)20-8-7-17(9-10-24(3,4)31)21(28-20)22(30)19-6-5-11-27-23(19)25/h5-8,11,16,18,26,31H,12-15H2,1-4H3,(H2,25,27)/t18-/m0/s1. The van der Waals surface area contributed by atoms with Crippen molar-refractivity contribution in [2.75, 3.05) is 30.3 Å². The van der Waals surface area contributed by atoms with Gasteiger partial charge in [0, 0.05) is 31.9 Å². The first-order valence-electron chi connectivity index (χ1n) is 10.6. The van der Waals surface area contributed by atoms with Crippen molar-refractivity contribution < 1.29 is 9.90 Å². The van der Waals surface area contributed by atoms with E-state index in [0.717, 1.165) is 31.9 Å². The highest BCUT2D eigenvalue weighted by molar-refractivity contribution is 6.11. The van der Waals surface area contributed by atoms with Crippen LogP contribution in [0.5, 0.6) is 0 Å². The van der Waals surface area contributed by atoms with Crippen LogP contribution in [-0.4, -0.2) is 52.1 Å². The summed E-state index contributed by atoms with van der Waals surface area (Å²) in [6.07, 6.45) is 2.62. The van der Waals surface area contributed by atoms with Gasteiger partial charge in [-0.2, -0.15) is 0 Å². The maximum absolute atomic E-state index is 13.3. The molecule has 0 spiro atoms. The second-order valence-electron chi connectivity index (χ2n) is 8.87. The zero-order valence-corrected chi connectivity index (χ0v) is 18.6. The van der Waals surface area contributed by atoms with E-state index in [2.05, 4.69) is 40.9 Å². The van der Waals surface area contributed by atoms with Crippen molar-refractivity contribution in [1.82, 2.24) is 15.3 Å². The molecule has 164 valence electrons. The van der Waals surface area contributed by atoms with Gasteiger partial charge >= 0.3 is 0 Å². The quantitative estimate of drug-likeness (QED) is 0.502. The molecule has 3 heterocycles. The molecule has 1 aliphatic heterocycles. The van der Waals surface area contributed by atoms with E-state index in [1.807, 2.05) is 6.07 Å². The fourth-order valence-electron chi connectivity index (χ4n) is 3.62. The summed E-state index contributed by atoms with van der Waals surface area (Å²) in [5.41, 5.74) is 5.71. The summed E-state index contributed by atoms with van der Waals surface area (Å²) in [5.74, 6) is 6.83. The number of aliphatic hydroxyl groups is 1. The van der Waals surface area contributed by atoms with Gasteiger partial charge < -0.3 is 21.1 Å². The van der Waals surface area contributed by atoms with Gasteiger partial charge in [0.2, 0.25) is 5.78 Å². The van der Waals surface area contributed by atoms with Crippen LogP contribution >= 0.6 is 0 Å². The number of nitrogens with two attached hydrogens (primary N) is 1. The lowest BCUT2D eigenvalue weighted by molar-refractivity contribution is 0.103. The average Bonchev–Trinajstić information content (AvgIpc) is 2.71. The van der Waals surface area contributed by atoms with Crippen molar-refractivity contribution in [3.63, 3.8) is 0 Å². The highest BCUT2D eigenvalue weighted by Gasteiger charge is 2.24. The predicted molar refractivity (Wildman–Crippen MR) is 123 cm³/mol. The van der Waals surface area contributed by atoms with Gasteiger partial charge in [-0.3, -0.25) is 4.79 Å². The summed E-state index contributed by atoms with van der Waals surface area (Å²) >= 11 is 0. The Morgan fingerprint density at radius 2 is 2.16 bits per heavy atom. The molecule has 1 aliphatic rings. The van der Waals surface area contributed by atoms with E-state index < -0.39 is 5.60 Å².